The van der Waals surface area contributed by atoms with E-state index < -0.39 is 166 Å². The monoisotopic (exact) mass is 1850 g/mol. The fourth-order valence-electron chi connectivity index (χ4n) is 17.3. The summed E-state index contributed by atoms with van der Waals surface area (Å²) < 4.78 is 134. The van der Waals surface area contributed by atoms with Crippen LogP contribution in [-0.2, 0) is 79.7 Å². The number of hydrogen-bond acceptors (Lipinski definition) is 25. The molecule has 3 saturated heterocycles. The Morgan fingerprint density at radius 2 is 0.985 bits per heavy atom. The lowest BCUT2D eigenvalue weighted by atomic mass is 9.90. The Morgan fingerprint density at radius 3 is 1.40 bits per heavy atom. The normalized spacial score (nSPS) is 25.8. The van der Waals surface area contributed by atoms with Crippen molar-refractivity contribution in [2.75, 3.05) is 32.7 Å². The van der Waals surface area contributed by atoms with Crippen LogP contribution in [0.4, 0.5) is 22.4 Å². The molecule has 4 N–H and O–H groups in total. The van der Waals surface area contributed by atoms with Gasteiger partial charge in [-0.3, -0.25) is 57.2 Å². The van der Waals surface area contributed by atoms with Gasteiger partial charge in [-0.15, -0.1) is 0 Å². The van der Waals surface area contributed by atoms with Crippen LogP contribution in [-0.4, -0.2) is 213 Å². The number of primary sulfonamides is 1. The number of hydrogen-bond donors (Lipinski definition) is 3. The summed E-state index contributed by atoms with van der Waals surface area (Å²) in [6, 6.07) is 10.6. The number of nitrogens with two attached hydrogens (primary N) is 1. The molecular weight excluding hydrogens is 1730 g/mol. The van der Waals surface area contributed by atoms with Crippen LogP contribution in [0.15, 0.2) is 115 Å². The zero-order valence-electron chi connectivity index (χ0n) is 75.0. The average Bonchev–Trinajstić information content (AvgIpc) is 1.57. The van der Waals surface area contributed by atoms with Crippen LogP contribution in [0.5, 0.6) is 11.8 Å². The van der Waals surface area contributed by atoms with Crippen LogP contribution in [0.2, 0.25) is 0 Å². The van der Waals surface area contributed by atoms with Gasteiger partial charge in [0.05, 0.1) is 87.2 Å². The Kier molecular flexibility index (Phi) is 31.5. The maximum atomic E-state index is 14.9. The summed E-state index contributed by atoms with van der Waals surface area (Å²) in [5.74, 6) is -13.4. The van der Waals surface area contributed by atoms with Gasteiger partial charge in [-0.2, -0.15) is 17.6 Å². The van der Waals surface area contributed by atoms with Crippen LogP contribution in [0.25, 0.3) is 22.1 Å². The molecule has 0 radical (unpaired) electrons. The Labute approximate surface area is 754 Å². The summed E-state index contributed by atoms with van der Waals surface area (Å²) in [6.45, 7) is 15.1. The van der Waals surface area contributed by atoms with Gasteiger partial charge < -0.3 is 38.8 Å². The van der Waals surface area contributed by atoms with Crippen molar-refractivity contribution in [3.8, 4) is 11.8 Å². The highest BCUT2D eigenvalue weighted by Crippen LogP contribution is 2.59. The molecule has 16 rings (SSSR count). The van der Waals surface area contributed by atoms with E-state index >= 15 is 0 Å². The molecule has 32 nitrogen and oxygen atoms in total. The van der Waals surface area contributed by atoms with E-state index in [2.05, 4.69) is 44.5 Å². The van der Waals surface area contributed by atoms with E-state index in [1.807, 2.05) is 24.3 Å². The second kappa shape index (κ2) is 41.5. The first-order valence-corrected chi connectivity index (χ1v) is 48.2. The maximum absolute atomic E-state index is 14.9. The Balaban J connectivity index is 0.000000177. The van der Waals surface area contributed by atoms with Crippen molar-refractivity contribution in [3.05, 3.63) is 122 Å². The van der Waals surface area contributed by atoms with Crippen molar-refractivity contribution < 1.29 is 102 Å². The average molecular weight is 1850 g/mol. The number of nitrogens with zero attached hydrogens (tertiary/aromatic N) is 12. The maximum Gasteiger partial charge on any atom is 0.338 e. The number of ketones is 2. The number of amidine groups is 1. The molecule has 10 aliphatic rings. The van der Waals surface area contributed by atoms with E-state index in [1.165, 1.54) is 82.6 Å². The number of ether oxygens (including phenoxy) is 4. The Bertz CT molecular complexity index is 5380. The van der Waals surface area contributed by atoms with E-state index in [4.69, 9.17) is 24.1 Å². The number of rotatable bonds is 15. The number of allylic oxidation sites excluding steroid dienone is 4. The molecule has 2 aromatic carbocycles. The molecule has 10 atom stereocenters. The molecule has 706 valence electrons. The number of carbonyl (C=O) groups excluding carboxylic acids is 8. The number of amides is 3. The number of aliphatic carboxylic acids is 1. The number of alkyl halides is 4. The fourth-order valence-corrected chi connectivity index (χ4v) is 19.5. The first kappa shape index (κ1) is 98.5. The second-order valence-electron chi connectivity index (χ2n) is 37.7. The number of fused-ring (bicyclic) bond motifs is 7. The molecule has 4 saturated carbocycles. The Hall–Kier alpha value is -10.5. The summed E-state index contributed by atoms with van der Waals surface area (Å²) in [6.07, 6.45) is 29.9. The van der Waals surface area contributed by atoms with Gasteiger partial charge in [-0.1, -0.05) is 80.7 Å². The highest BCUT2D eigenvalue weighted by molar-refractivity contribution is 7.91. The van der Waals surface area contributed by atoms with E-state index in [0.29, 0.717) is 76.2 Å². The van der Waals surface area contributed by atoms with Crippen molar-refractivity contribution in [2.45, 2.75) is 287 Å². The lowest BCUT2D eigenvalue weighted by Gasteiger charge is -2.29. The molecule has 130 heavy (non-hydrogen) atoms. The number of sulfonamides is 2. The van der Waals surface area contributed by atoms with Crippen molar-refractivity contribution >= 4 is 101 Å². The molecule has 6 aliphatic heterocycles. The molecule has 3 amide bonds. The molecule has 0 spiro atoms. The van der Waals surface area contributed by atoms with Gasteiger partial charge in [0.1, 0.15) is 36.1 Å². The number of para-hydroxylation sites is 4. The number of nitrogens with one attached hydrogen (secondary N) is 1. The minimum absolute atomic E-state index is 0.0524. The molecule has 4 aliphatic carbocycles. The SMILES string of the molecule is C1CCC2=NCCCN2CC1.CC(C)(C)OC(=O)C[C@H]1CCCCC/C=C\[C@@H]2C[C@@]2(C(=O)NS(=O)(=O)C2CC2)CC(=O)[C@@H]2C[C@@H](Oc3nc4ccccc4nc3C(C)(F)F)CN2C1=O.CC(C)(C)OC(=O)C[C@H]1CCCCC/C=C\[C@@H]2C[C@@]2(C(=O)O)CC(=O)[C@@H]2C[C@@H](Oc3nc4ccccc4nc3C(C)(F)F)CN2C1=O.NS(=O)(=O)C1CC1.O=C(n1ccnc1)n1ccnc1. The lowest BCUT2D eigenvalue weighted by Crippen LogP contribution is -2.46. The van der Waals surface area contributed by atoms with Crippen LogP contribution in [0, 0.1) is 34.5 Å². The number of carbonyl (C=O) groups is 9. The number of Topliss-reactive ketones (excluding diaryl/α,β-unsaturated/α-hetero) is 2. The second-order valence-corrected chi connectivity index (χ2v) is 41.5. The highest BCUT2D eigenvalue weighted by atomic mass is 32.2. The number of carboxylic acid groups (broad SMARTS) is 1. The van der Waals surface area contributed by atoms with Gasteiger partial charge >= 0.3 is 23.9 Å². The van der Waals surface area contributed by atoms with Crippen molar-refractivity contribution in [1.82, 2.24) is 58.5 Å². The predicted molar refractivity (Wildman–Crippen MR) is 471 cm³/mol. The van der Waals surface area contributed by atoms with Crippen molar-refractivity contribution in [3.63, 3.8) is 0 Å². The summed E-state index contributed by atoms with van der Waals surface area (Å²) in [5.41, 5.74) is -4.36. The molecular formula is C92H120F4N14O18S2. The van der Waals surface area contributed by atoms with Gasteiger partial charge in [0, 0.05) is 102 Å². The fraction of sp³-hybridized carbons (Fsp3) is 0.609. The first-order valence-electron chi connectivity index (χ1n) is 45.1. The van der Waals surface area contributed by atoms with Crippen LogP contribution < -0.4 is 19.3 Å². The van der Waals surface area contributed by atoms with Gasteiger partial charge in [-0.25, -0.2) is 56.7 Å². The number of imidazole rings is 2. The molecule has 6 aromatic rings. The third kappa shape index (κ3) is 26.5. The largest absolute Gasteiger partial charge is 0.481 e. The Morgan fingerprint density at radius 1 is 0.554 bits per heavy atom. The van der Waals surface area contributed by atoms with Gasteiger partial charge in [-0.05, 0) is 174 Å². The van der Waals surface area contributed by atoms with E-state index in [1.54, 1.807) is 115 Å². The molecule has 4 aromatic heterocycles. The third-order valence-corrected chi connectivity index (χ3v) is 27.8. The zero-order chi connectivity index (χ0) is 93.9. The number of aliphatic imine (C=N–C) groups is 1. The van der Waals surface area contributed by atoms with Crippen molar-refractivity contribution in [1.29, 1.82) is 0 Å². The molecule has 0 unspecified atom stereocenters. The quantitative estimate of drug-likeness (QED) is 0.0488. The third-order valence-electron chi connectivity index (χ3n) is 24.6. The summed E-state index contributed by atoms with van der Waals surface area (Å²) in [7, 11) is -7.03. The molecule has 38 heteroatoms. The number of aromatic nitrogens is 8. The van der Waals surface area contributed by atoms with Crippen molar-refractivity contribution in [2.24, 2.45) is 44.6 Å². The van der Waals surface area contributed by atoms with E-state index in [-0.39, 0.29) is 92.2 Å². The van der Waals surface area contributed by atoms with Crippen LogP contribution >= 0.6 is 0 Å². The number of carboxylic acids is 1. The zero-order valence-corrected chi connectivity index (χ0v) is 76.6. The molecule has 7 fully saturated rings. The predicted octanol–water partition coefficient (Wildman–Crippen LogP) is 13.2. The van der Waals surface area contributed by atoms with Crippen LogP contribution in [0.3, 0.4) is 0 Å². The first-order chi connectivity index (χ1) is 61.4. The minimum atomic E-state index is -3.90. The highest BCUT2D eigenvalue weighted by Gasteiger charge is 2.63. The van der Waals surface area contributed by atoms with E-state index in [9.17, 15) is 82.7 Å². The van der Waals surface area contributed by atoms with Gasteiger partial charge in [0.2, 0.25) is 49.5 Å². The number of esters is 2. The number of halogens is 4. The minimum Gasteiger partial charge on any atom is -0.481 e. The lowest BCUT2D eigenvalue weighted by molar-refractivity contribution is -0.159. The van der Waals surface area contributed by atoms with Gasteiger partial charge in [0.25, 0.3) is 11.8 Å². The molecule has 0 bridgehead atoms. The topological polar surface area (TPSA) is 426 Å². The van der Waals surface area contributed by atoms with E-state index in [0.717, 1.165) is 51.5 Å². The van der Waals surface area contributed by atoms with Crippen LogP contribution in [0.1, 0.15) is 240 Å². The van der Waals surface area contributed by atoms with Gasteiger partial charge in [0.15, 0.2) is 23.0 Å². The summed E-state index contributed by atoms with van der Waals surface area (Å²) in [5, 5.41) is 14.0. The molecule has 10 heterocycles. The smallest absolute Gasteiger partial charge is 0.338 e. The summed E-state index contributed by atoms with van der Waals surface area (Å²) >= 11 is 0. The standard InChI is InChI=1S/C38H48F2N4O8S.C35H43F2N3O7.C9H16N2.C7H6N4O.C3H7NO2S/c1-36(2,3)52-31(46)18-23-12-8-6-5-7-9-13-24-20-38(24,35(48)43-53(49,50)26-16-17-26)21-30(45)29-19-25(22-44(29)34(23)47)51-33-32(37(4,39)40)41-27-14-10-11-15-28(27)42-33;1-33(2,3)47-28(42)16-21-12-8-6-5-7-9-13-22-18-35(22,32(44)45)19-27(41)26-17-23(20-40(26)31(21)43)46-30-29(34(4,36)37)38-24-14-10-11-15-25(24)39-30;1-2-5-9-10-6-4-8-11(9)7-3-1;12-7(10-3-1-8-5-10)11-4-2-9-6-11;4-7(5,6)3-1-2-3/h9-11,13-15,23-26,29H,5-8,12,16-22H2,1-4H3,(H,43,48);9-11,13-15,21-23,26H,5-8,12,16-20H2,1-4H3,(H,44,45);1-8H2;1-6H;3H,1-2H2,(H2,4,5,6)/b2*13-9-;;;/t23-,24-,25-,29+,38-;21-,22-,23-,26+,35-;;;/m11.../s1. The number of benzene rings is 2. The summed E-state index contributed by atoms with van der Waals surface area (Å²) in [4.78, 5) is 155.